The van der Waals surface area contributed by atoms with Crippen molar-refractivity contribution in [1.82, 2.24) is 10.3 Å². The third-order valence-corrected chi connectivity index (χ3v) is 4.02. The highest BCUT2D eigenvalue weighted by Gasteiger charge is 2.03. The second-order valence-electron chi connectivity index (χ2n) is 5.85. The topological polar surface area (TPSA) is 63.4 Å². The van der Waals surface area contributed by atoms with Crippen molar-refractivity contribution in [1.29, 1.82) is 0 Å². The summed E-state index contributed by atoms with van der Waals surface area (Å²) in [6, 6.07) is 15.6. The van der Waals surface area contributed by atoms with Crippen LogP contribution in [0.25, 0.3) is 17.0 Å². The molecule has 134 valence electrons. The Morgan fingerprint density at radius 1 is 1.15 bits per heavy atom. The van der Waals surface area contributed by atoms with Gasteiger partial charge in [0.2, 0.25) is 5.91 Å². The Morgan fingerprint density at radius 3 is 2.77 bits per heavy atom. The molecule has 0 aliphatic carbocycles. The minimum atomic E-state index is -0.107. The van der Waals surface area contributed by atoms with Crippen LogP contribution in [0.3, 0.4) is 0 Å². The molecule has 0 saturated carbocycles. The van der Waals surface area contributed by atoms with Crippen LogP contribution >= 0.6 is 0 Å². The number of rotatable bonds is 8. The number of carbonyl (C=O) groups is 1. The van der Waals surface area contributed by atoms with Crippen molar-refractivity contribution in [3.05, 3.63) is 71.9 Å². The molecule has 2 N–H and O–H groups in total. The average molecular weight is 350 g/mol. The normalized spacial score (nSPS) is 11.1. The molecule has 0 bridgehead atoms. The number of hydrogen-bond acceptors (Lipinski definition) is 3. The van der Waals surface area contributed by atoms with E-state index in [0.717, 1.165) is 23.3 Å². The lowest BCUT2D eigenvalue weighted by molar-refractivity contribution is -0.116. The van der Waals surface area contributed by atoms with Gasteiger partial charge in [-0.2, -0.15) is 0 Å². The van der Waals surface area contributed by atoms with Gasteiger partial charge in [0.1, 0.15) is 5.75 Å². The number of methoxy groups -OCH3 is 1. The molecule has 1 amide bonds. The van der Waals surface area contributed by atoms with Gasteiger partial charge in [0, 0.05) is 36.8 Å². The number of hydrogen-bond donors (Lipinski definition) is 2. The Hall–Kier alpha value is -3.05. The zero-order chi connectivity index (χ0) is 18.2. The highest BCUT2D eigenvalue weighted by atomic mass is 16.7. The first-order valence-corrected chi connectivity index (χ1v) is 8.49. The molecule has 0 atom stereocenters. The summed E-state index contributed by atoms with van der Waals surface area (Å²) in [4.78, 5) is 15.2. The SMILES string of the molecule is COCOc1ccc(/C=C/C(=O)NCCc2c[nH]c3ccccc23)cc1. The van der Waals surface area contributed by atoms with Crippen LogP contribution in [0.2, 0.25) is 0 Å². The predicted molar refractivity (Wildman–Crippen MR) is 103 cm³/mol. The summed E-state index contributed by atoms with van der Waals surface area (Å²) < 4.78 is 10.2. The fraction of sp³-hybridized carbons (Fsp3) is 0.190. The third kappa shape index (κ3) is 4.74. The Bertz CT molecular complexity index is 882. The van der Waals surface area contributed by atoms with Crippen molar-refractivity contribution in [2.75, 3.05) is 20.4 Å². The molecule has 5 heteroatoms. The number of amides is 1. The van der Waals surface area contributed by atoms with Crippen LogP contribution in [0, 0.1) is 0 Å². The Kier molecular flexibility index (Phi) is 6.06. The highest BCUT2D eigenvalue weighted by Crippen LogP contribution is 2.17. The maximum atomic E-state index is 12.0. The van der Waals surface area contributed by atoms with Gasteiger partial charge in [-0.25, -0.2) is 0 Å². The first-order valence-electron chi connectivity index (χ1n) is 8.49. The number of ether oxygens (including phenoxy) is 2. The van der Waals surface area contributed by atoms with Crippen LogP contribution in [0.15, 0.2) is 60.8 Å². The van der Waals surface area contributed by atoms with E-state index in [1.807, 2.05) is 48.7 Å². The van der Waals surface area contributed by atoms with Gasteiger partial charge in [0.25, 0.3) is 0 Å². The van der Waals surface area contributed by atoms with Gasteiger partial charge in [0.05, 0.1) is 0 Å². The van der Waals surface area contributed by atoms with Gasteiger partial charge >= 0.3 is 0 Å². The van der Waals surface area contributed by atoms with Gasteiger partial charge < -0.3 is 19.8 Å². The van der Waals surface area contributed by atoms with E-state index in [9.17, 15) is 4.79 Å². The van der Waals surface area contributed by atoms with Crippen LogP contribution in [0.4, 0.5) is 0 Å². The van der Waals surface area contributed by atoms with E-state index in [0.29, 0.717) is 6.54 Å². The predicted octanol–water partition coefficient (Wildman–Crippen LogP) is 3.52. The monoisotopic (exact) mass is 350 g/mol. The fourth-order valence-electron chi connectivity index (χ4n) is 2.69. The van der Waals surface area contributed by atoms with Crippen molar-refractivity contribution < 1.29 is 14.3 Å². The Balaban J connectivity index is 1.47. The maximum absolute atomic E-state index is 12.0. The van der Waals surface area contributed by atoms with Crippen LogP contribution in [0.1, 0.15) is 11.1 Å². The van der Waals surface area contributed by atoms with E-state index in [4.69, 9.17) is 9.47 Å². The van der Waals surface area contributed by atoms with E-state index in [1.54, 1.807) is 19.3 Å². The van der Waals surface area contributed by atoms with Gasteiger partial charge in [-0.1, -0.05) is 30.3 Å². The number of H-pyrrole nitrogens is 1. The molecular weight excluding hydrogens is 328 g/mol. The standard InChI is InChI=1S/C21H22N2O3/c1-25-15-26-18-9-6-16(7-10-18)8-11-21(24)22-13-12-17-14-23-20-5-3-2-4-19(17)20/h2-11,14,23H,12-13,15H2,1H3,(H,22,24)/b11-8+. The summed E-state index contributed by atoms with van der Waals surface area (Å²) in [7, 11) is 1.58. The zero-order valence-corrected chi connectivity index (χ0v) is 14.7. The van der Waals surface area contributed by atoms with E-state index in [1.165, 1.54) is 10.9 Å². The van der Waals surface area contributed by atoms with Gasteiger partial charge in [-0.15, -0.1) is 0 Å². The molecule has 0 aliphatic heterocycles. The lowest BCUT2D eigenvalue weighted by Crippen LogP contribution is -2.23. The Labute approximate surface area is 152 Å². The highest BCUT2D eigenvalue weighted by molar-refractivity contribution is 5.91. The van der Waals surface area contributed by atoms with Crippen molar-refractivity contribution in [3.8, 4) is 5.75 Å². The number of aromatic nitrogens is 1. The van der Waals surface area contributed by atoms with Crippen LogP contribution < -0.4 is 10.1 Å². The molecule has 5 nitrogen and oxygen atoms in total. The smallest absolute Gasteiger partial charge is 0.244 e. The number of carbonyl (C=O) groups excluding carboxylic acids is 1. The first kappa shape index (κ1) is 17.8. The molecule has 0 saturated heterocycles. The molecule has 2 aromatic carbocycles. The quantitative estimate of drug-likeness (QED) is 0.483. The largest absolute Gasteiger partial charge is 0.468 e. The van der Waals surface area contributed by atoms with E-state index >= 15 is 0 Å². The lowest BCUT2D eigenvalue weighted by Gasteiger charge is -2.04. The molecule has 0 radical (unpaired) electrons. The molecule has 26 heavy (non-hydrogen) atoms. The Morgan fingerprint density at radius 2 is 1.96 bits per heavy atom. The molecule has 3 aromatic rings. The van der Waals surface area contributed by atoms with Crippen molar-refractivity contribution in [2.24, 2.45) is 0 Å². The van der Waals surface area contributed by atoms with Crippen LogP contribution in [0.5, 0.6) is 5.75 Å². The molecule has 1 heterocycles. The van der Waals surface area contributed by atoms with Crippen LogP contribution in [-0.4, -0.2) is 31.3 Å². The summed E-state index contributed by atoms with van der Waals surface area (Å²) in [6.07, 6.45) is 6.11. The molecule has 3 rings (SSSR count). The summed E-state index contributed by atoms with van der Waals surface area (Å²) in [5.74, 6) is 0.622. The molecule has 0 fully saturated rings. The third-order valence-electron chi connectivity index (χ3n) is 4.02. The zero-order valence-electron chi connectivity index (χ0n) is 14.7. The first-order chi connectivity index (χ1) is 12.8. The average Bonchev–Trinajstić information content (AvgIpc) is 3.09. The van der Waals surface area contributed by atoms with E-state index in [-0.39, 0.29) is 12.7 Å². The molecule has 0 unspecified atom stereocenters. The number of para-hydroxylation sites is 1. The second kappa shape index (κ2) is 8.87. The van der Waals surface area contributed by atoms with Gasteiger partial charge in [0.15, 0.2) is 6.79 Å². The van der Waals surface area contributed by atoms with E-state index in [2.05, 4.69) is 16.4 Å². The summed E-state index contributed by atoms with van der Waals surface area (Å²) >= 11 is 0. The second-order valence-corrected chi connectivity index (χ2v) is 5.85. The number of aromatic amines is 1. The minimum Gasteiger partial charge on any atom is -0.468 e. The number of fused-ring (bicyclic) bond motifs is 1. The van der Waals surface area contributed by atoms with Crippen molar-refractivity contribution in [3.63, 3.8) is 0 Å². The minimum absolute atomic E-state index is 0.107. The molecule has 0 spiro atoms. The summed E-state index contributed by atoms with van der Waals surface area (Å²) in [6.45, 7) is 0.808. The summed E-state index contributed by atoms with van der Waals surface area (Å²) in [5, 5.41) is 4.12. The number of nitrogens with one attached hydrogen (secondary N) is 2. The van der Waals surface area contributed by atoms with Gasteiger partial charge in [-0.05, 0) is 41.8 Å². The van der Waals surface area contributed by atoms with Crippen molar-refractivity contribution >= 4 is 22.9 Å². The maximum Gasteiger partial charge on any atom is 0.244 e. The molecular formula is C21H22N2O3. The summed E-state index contributed by atoms with van der Waals surface area (Å²) in [5.41, 5.74) is 3.25. The lowest BCUT2D eigenvalue weighted by atomic mass is 10.1. The molecule has 1 aromatic heterocycles. The number of benzene rings is 2. The fourth-order valence-corrected chi connectivity index (χ4v) is 2.69. The van der Waals surface area contributed by atoms with E-state index < -0.39 is 0 Å². The van der Waals surface area contributed by atoms with Gasteiger partial charge in [-0.3, -0.25) is 4.79 Å². The van der Waals surface area contributed by atoms with Crippen molar-refractivity contribution in [2.45, 2.75) is 6.42 Å². The van der Waals surface area contributed by atoms with Crippen LogP contribution in [-0.2, 0) is 16.0 Å². The molecule has 0 aliphatic rings.